The van der Waals surface area contributed by atoms with Crippen molar-refractivity contribution < 1.29 is 4.79 Å². The fraction of sp³-hybridized carbons (Fsp3) is 0.375. The molecule has 1 aliphatic heterocycles. The summed E-state index contributed by atoms with van der Waals surface area (Å²) >= 11 is 0. The molecule has 4 heteroatoms. The number of para-hydroxylation sites is 1. The smallest absolute Gasteiger partial charge is 0.255 e. The Labute approximate surface area is 119 Å². The molecule has 2 heterocycles. The molecule has 1 aliphatic rings. The van der Waals surface area contributed by atoms with E-state index in [4.69, 9.17) is 0 Å². The number of piperazine rings is 1. The van der Waals surface area contributed by atoms with Gasteiger partial charge in [-0.2, -0.15) is 0 Å². The third kappa shape index (κ3) is 2.39. The highest BCUT2D eigenvalue weighted by atomic mass is 16.2. The number of carbonyl (C=O) groups excluding carboxylic acids is 1. The number of aromatic nitrogens is 1. The predicted octanol–water partition coefficient (Wildman–Crippen LogP) is 1.93. The van der Waals surface area contributed by atoms with Crippen LogP contribution in [-0.2, 0) is 0 Å². The second-order valence-electron chi connectivity index (χ2n) is 5.41. The zero-order chi connectivity index (χ0) is 14.1. The number of likely N-dealkylation sites (N-methyl/N-ethyl adjacent to an activating group) is 1. The van der Waals surface area contributed by atoms with Gasteiger partial charge >= 0.3 is 0 Å². The maximum atomic E-state index is 12.6. The largest absolute Gasteiger partial charge is 0.336 e. The molecule has 1 fully saturated rings. The van der Waals surface area contributed by atoms with E-state index in [9.17, 15) is 4.79 Å². The number of benzene rings is 1. The van der Waals surface area contributed by atoms with E-state index in [1.807, 2.05) is 42.2 Å². The number of hydrogen-bond acceptors (Lipinski definition) is 3. The molecule has 4 nitrogen and oxygen atoms in total. The number of fused-ring (bicyclic) bond motifs is 1. The van der Waals surface area contributed by atoms with Crippen molar-refractivity contribution in [1.82, 2.24) is 14.8 Å². The van der Waals surface area contributed by atoms with Gasteiger partial charge in [0.2, 0.25) is 0 Å². The van der Waals surface area contributed by atoms with E-state index in [-0.39, 0.29) is 5.91 Å². The zero-order valence-corrected chi connectivity index (χ0v) is 12.0. The van der Waals surface area contributed by atoms with Gasteiger partial charge in [-0.05, 0) is 26.1 Å². The van der Waals surface area contributed by atoms with E-state index in [2.05, 4.69) is 16.9 Å². The van der Waals surface area contributed by atoms with Crippen LogP contribution in [0.5, 0.6) is 0 Å². The summed E-state index contributed by atoms with van der Waals surface area (Å²) in [6, 6.07) is 9.90. The van der Waals surface area contributed by atoms with Crippen LogP contribution in [0.25, 0.3) is 10.9 Å². The summed E-state index contributed by atoms with van der Waals surface area (Å²) in [5, 5.41) is 1.02. The third-order valence-corrected chi connectivity index (χ3v) is 3.94. The Balaban J connectivity index is 1.93. The van der Waals surface area contributed by atoms with Crippen molar-refractivity contribution in [2.24, 2.45) is 0 Å². The average molecular weight is 269 g/mol. The Morgan fingerprint density at radius 1 is 1.15 bits per heavy atom. The van der Waals surface area contributed by atoms with Crippen LogP contribution in [0.3, 0.4) is 0 Å². The minimum Gasteiger partial charge on any atom is -0.336 e. The predicted molar refractivity (Wildman–Crippen MR) is 79.9 cm³/mol. The molecule has 1 aromatic carbocycles. The maximum Gasteiger partial charge on any atom is 0.255 e. The van der Waals surface area contributed by atoms with Gasteiger partial charge < -0.3 is 9.80 Å². The summed E-state index contributed by atoms with van der Waals surface area (Å²) in [7, 11) is 2.09. The normalized spacial score (nSPS) is 16.6. The molecule has 1 amide bonds. The van der Waals surface area contributed by atoms with Crippen molar-refractivity contribution in [3.63, 3.8) is 0 Å². The summed E-state index contributed by atoms with van der Waals surface area (Å²) in [5.74, 6) is 0.105. The number of amides is 1. The first-order valence-corrected chi connectivity index (χ1v) is 6.99. The summed E-state index contributed by atoms with van der Waals surface area (Å²) in [6.45, 7) is 5.37. The van der Waals surface area contributed by atoms with E-state index in [1.165, 1.54) is 0 Å². The van der Waals surface area contributed by atoms with Crippen molar-refractivity contribution in [3.05, 3.63) is 41.6 Å². The minimum atomic E-state index is 0.105. The second-order valence-corrected chi connectivity index (χ2v) is 5.41. The van der Waals surface area contributed by atoms with Crippen LogP contribution >= 0.6 is 0 Å². The molecule has 0 aliphatic carbocycles. The third-order valence-electron chi connectivity index (χ3n) is 3.94. The van der Waals surface area contributed by atoms with Gasteiger partial charge in [0.05, 0.1) is 16.8 Å². The Kier molecular flexibility index (Phi) is 3.40. The fourth-order valence-corrected chi connectivity index (χ4v) is 2.61. The topological polar surface area (TPSA) is 36.4 Å². The number of pyridine rings is 1. The Bertz CT molecular complexity index is 645. The lowest BCUT2D eigenvalue weighted by molar-refractivity contribution is 0.0663. The highest BCUT2D eigenvalue weighted by Crippen LogP contribution is 2.18. The standard InChI is InChI=1S/C16H19N3O/c1-12-14(11-13-5-3-4-6-15(13)17-12)16(20)19-9-7-18(2)8-10-19/h3-6,11H,7-10H2,1-2H3. The van der Waals surface area contributed by atoms with Crippen LogP contribution in [0.1, 0.15) is 16.1 Å². The monoisotopic (exact) mass is 269 g/mol. The average Bonchev–Trinajstić information content (AvgIpc) is 2.46. The number of aryl methyl sites for hydroxylation is 1. The highest BCUT2D eigenvalue weighted by Gasteiger charge is 2.22. The van der Waals surface area contributed by atoms with Crippen LogP contribution < -0.4 is 0 Å². The molecule has 0 unspecified atom stereocenters. The first-order valence-electron chi connectivity index (χ1n) is 6.99. The first-order chi connectivity index (χ1) is 9.65. The van der Waals surface area contributed by atoms with Gasteiger partial charge in [-0.3, -0.25) is 9.78 Å². The summed E-state index contributed by atoms with van der Waals surface area (Å²) in [4.78, 5) is 21.4. The second kappa shape index (κ2) is 5.21. The maximum absolute atomic E-state index is 12.6. The molecule has 0 saturated carbocycles. The van der Waals surface area contributed by atoms with Crippen LogP contribution in [0, 0.1) is 6.92 Å². The molecule has 3 rings (SSSR count). The van der Waals surface area contributed by atoms with Gasteiger partial charge in [-0.15, -0.1) is 0 Å². The van der Waals surface area contributed by atoms with Gasteiger partial charge in [0.15, 0.2) is 0 Å². The Morgan fingerprint density at radius 3 is 2.60 bits per heavy atom. The Morgan fingerprint density at radius 2 is 1.85 bits per heavy atom. The van der Waals surface area contributed by atoms with Crippen LogP contribution in [0.15, 0.2) is 30.3 Å². The highest BCUT2D eigenvalue weighted by molar-refractivity contribution is 5.98. The quantitative estimate of drug-likeness (QED) is 0.793. The van der Waals surface area contributed by atoms with Crippen molar-refractivity contribution in [3.8, 4) is 0 Å². The summed E-state index contributed by atoms with van der Waals surface area (Å²) in [6.07, 6.45) is 0. The molecule has 0 radical (unpaired) electrons. The van der Waals surface area contributed by atoms with E-state index < -0.39 is 0 Å². The molecule has 20 heavy (non-hydrogen) atoms. The summed E-state index contributed by atoms with van der Waals surface area (Å²) in [5.41, 5.74) is 2.49. The van der Waals surface area contributed by atoms with Crippen molar-refractivity contribution in [1.29, 1.82) is 0 Å². The molecule has 1 aromatic heterocycles. The number of carbonyl (C=O) groups is 1. The minimum absolute atomic E-state index is 0.105. The molecule has 0 atom stereocenters. The van der Waals surface area contributed by atoms with E-state index >= 15 is 0 Å². The van der Waals surface area contributed by atoms with Gasteiger partial charge in [-0.1, -0.05) is 18.2 Å². The lowest BCUT2D eigenvalue weighted by atomic mass is 10.1. The number of rotatable bonds is 1. The molecular weight excluding hydrogens is 250 g/mol. The lowest BCUT2D eigenvalue weighted by Crippen LogP contribution is -2.47. The first kappa shape index (κ1) is 13.1. The van der Waals surface area contributed by atoms with E-state index in [0.717, 1.165) is 48.3 Å². The zero-order valence-electron chi connectivity index (χ0n) is 12.0. The molecular formula is C16H19N3O. The molecule has 1 saturated heterocycles. The Hall–Kier alpha value is -1.94. The number of nitrogens with zero attached hydrogens (tertiary/aromatic N) is 3. The van der Waals surface area contributed by atoms with Crippen LogP contribution in [0.2, 0.25) is 0 Å². The van der Waals surface area contributed by atoms with Gasteiger partial charge in [0.1, 0.15) is 0 Å². The van der Waals surface area contributed by atoms with Crippen LogP contribution in [-0.4, -0.2) is 53.9 Å². The SMILES string of the molecule is Cc1nc2ccccc2cc1C(=O)N1CCN(C)CC1. The summed E-state index contributed by atoms with van der Waals surface area (Å²) < 4.78 is 0. The van der Waals surface area contributed by atoms with Gasteiger partial charge in [0, 0.05) is 31.6 Å². The van der Waals surface area contributed by atoms with Gasteiger partial charge in [-0.25, -0.2) is 0 Å². The van der Waals surface area contributed by atoms with Gasteiger partial charge in [0.25, 0.3) is 5.91 Å². The molecule has 0 bridgehead atoms. The van der Waals surface area contributed by atoms with Crippen LogP contribution in [0.4, 0.5) is 0 Å². The fourth-order valence-electron chi connectivity index (χ4n) is 2.61. The molecule has 2 aromatic rings. The molecule has 0 N–H and O–H groups in total. The lowest BCUT2D eigenvalue weighted by Gasteiger charge is -2.32. The van der Waals surface area contributed by atoms with Crippen molar-refractivity contribution in [2.75, 3.05) is 33.2 Å². The van der Waals surface area contributed by atoms with E-state index in [0.29, 0.717) is 0 Å². The van der Waals surface area contributed by atoms with Crippen molar-refractivity contribution >= 4 is 16.8 Å². The number of hydrogen-bond donors (Lipinski definition) is 0. The molecule has 104 valence electrons. The van der Waals surface area contributed by atoms with E-state index in [1.54, 1.807) is 0 Å². The molecule has 0 spiro atoms. The van der Waals surface area contributed by atoms with Crippen molar-refractivity contribution in [2.45, 2.75) is 6.92 Å².